The summed E-state index contributed by atoms with van der Waals surface area (Å²) in [4.78, 5) is 21.8. The summed E-state index contributed by atoms with van der Waals surface area (Å²) < 4.78 is 0. The van der Waals surface area contributed by atoms with E-state index in [4.69, 9.17) is 4.84 Å². The second-order valence-electron chi connectivity index (χ2n) is 6.00. The summed E-state index contributed by atoms with van der Waals surface area (Å²) in [5.74, 6) is -1.16. The lowest BCUT2D eigenvalue weighted by molar-refractivity contribution is -0.129. The summed E-state index contributed by atoms with van der Waals surface area (Å²) in [5, 5.41) is 17.3. The van der Waals surface area contributed by atoms with E-state index in [1.54, 1.807) is 12.1 Å². The molecular weight excluding hydrogens is 332 g/mol. The van der Waals surface area contributed by atoms with Crippen molar-refractivity contribution in [2.45, 2.75) is 26.4 Å². The van der Waals surface area contributed by atoms with Crippen molar-refractivity contribution in [3.8, 4) is 0 Å². The first-order valence-corrected chi connectivity index (χ1v) is 8.32. The average molecular weight is 352 g/mol. The Balaban J connectivity index is 1.84. The van der Waals surface area contributed by atoms with Gasteiger partial charge in [0.15, 0.2) is 5.71 Å². The smallest absolute Gasteiger partial charge is 0.358 e. The molecule has 0 radical (unpaired) electrons. The number of carboxylic acids is 1. The van der Waals surface area contributed by atoms with Gasteiger partial charge in [0, 0.05) is 16.7 Å². The lowest BCUT2D eigenvalue weighted by atomic mass is 9.99. The molecule has 0 amide bonds. The number of carboxylic acid groups (broad SMARTS) is 1. The van der Waals surface area contributed by atoms with Crippen LogP contribution in [0.2, 0.25) is 0 Å². The largest absolute Gasteiger partial charge is 0.476 e. The fourth-order valence-electron chi connectivity index (χ4n) is 3.09. The zero-order valence-corrected chi connectivity index (χ0v) is 14.7. The van der Waals surface area contributed by atoms with E-state index in [0.29, 0.717) is 5.56 Å². The van der Waals surface area contributed by atoms with Crippen molar-refractivity contribution in [2.75, 3.05) is 7.11 Å². The van der Waals surface area contributed by atoms with Crippen LogP contribution in [-0.4, -0.2) is 29.6 Å². The summed E-state index contributed by atoms with van der Waals surface area (Å²) in [7, 11) is 1.32. The van der Waals surface area contributed by atoms with Crippen LogP contribution in [0.1, 0.15) is 34.2 Å². The van der Waals surface area contributed by atoms with Gasteiger partial charge in [0.2, 0.25) is 0 Å². The molecule has 0 unspecified atom stereocenters. The molecule has 1 aliphatic carbocycles. The van der Waals surface area contributed by atoms with Gasteiger partial charge in [-0.25, -0.2) is 4.79 Å². The molecule has 2 aromatic rings. The molecule has 0 atom stereocenters. The summed E-state index contributed by atoms with van der Waals surface area (Å²) in [6.07, 6.45) is 1.79. The van der Waals surface area contributed by atoms with Gasteiger partial charge in [-0.3, -0.25) is 0 Å². The Morgan fingerprint density at radius 2 is 1.96 bits per heavy atom. The van der Waals surface area contributed by atoms with Gasteiger partial charge in [0.25, 0.3) is 0 Å². The maximum absolute atomic E-state index is 11.5. The topological polar surface area (TPSA) is 80.5 Å². The number of hydrogen-bond donors (Lipinski definition) is 1. The van der Waals surface area contributed by atoms with E-state index in [9.17, 15) is 9.90 Å². The van der Waals surface area contributed by atoms with Gasteiger partial charge in [-0.2, -0.15) is 0 Å². The molecule has 1 aliphatic rings. The van der Waals surface area contributed by atoms with E-state index in [1.807, 2.05) is 31.2 Å². The molecule has 0 heterocycles. The van der Waals surface area contributed by atoms with Gasteiger partial charge < -0.3 is 14.8 Å². The highest BCUT2D eigenvalue weighted by Gasteiger charge is 2.20. The number of benzene rings is 2. The molecule has 134 valence electrons. The predicted molar refractivity (Wildman–Crippen MR) is 98.4 cm³/mol. The summed E-state index contributed by atoms with van der Waals surface area (Å²) in [6.45, 7) is 2.05. The van der Waals surface area contributed by atoms with E-state index in [-0.39, 0.29) is 12.3 Å². The molecule has 26 heavy (non-hydrogen) atoms. The first kappa shape index (κ1) is 17.7. The zero-order valence-electron chi connectivity index (χ0n) is 14.7. The van der Waals surface area contributed by atoms with Crippen molar-refractivity contribution in [3.63, 3.8) is 0 Å². The van der Waals surface area contributed by atoms with Crippen LogP contribution >= 0.6 is 0 Å². The highest BCUT2D eigenvalue weighted by molar-refractivity contribution is 6.42. The Morgan fingerprint density at radius 3 is 2.73 bits per heavy atom. The van der Waals surface area contributed by atoms with Crippen LogP contribution in [0, 0.1) is 6.92 Å². The van der Waals surface area contributed by atoms with Crippen LogP contribution in [0.15, 0.2) is 52.8 Å². The number of fused-ring (bicyclic) bond motifs is 1. The van der Waals surface area contributed by atoms with Crippen molar-refractivity contribution in [1.29, 1.82) is 0 Å². The molecule has 0 fully saturated rings. The van der Waals surface area contributed by atoms with Crippen molar-refractivity contribution in [3.05, 3.63) is 70.3 Å². The molecule has 3 rings (SSSR count). The monoisotopic (exact) mass is 352 g/mol. The molecule has 0 saturated heterocycles. The minimum Gasteiger partial charge on any atom is -0.476 e. The minimum atomic E-state index is -1.16. The van der Waals surface area contributed by atoms with E-state index < -0.39 is 5.97 Å². The normalized spacial score (nSPS) is 15.0. The van der Waals surface area contributed by atoms with Gasteiger partial charge in [0.05, 0.1) is 5.71 Å². The maximum atomic E-state index is 11.5. The molecule has 1 N–H and O–H groups in total. The maximum Gasteiger partial charge on any atom is 0.358 e. The van der Waals surface area contributed by atoms with Gasteiger partial charge in [-0.1, -0.05) is 52.8 Å². The molecule has 6 nitrogen and oxygen atoms in total. The van der Waals surface area contributed by atoms with E-state index in [1.165, 1.54) is 12.7 Å². The van der Waals surface area contributed by atoms with E-state index in [2.05, 4.69) is 21.2 Å². The van der Waals surface area contributed by atoms with Crippen molar-refractivity contribution < 1.29 is 19.6 Å². The third-order valence-corrected chi connectivity index (χ3v) is 4.39. The number of carbonyl (C=O) groups is 1. The Bertz CT molecular complexity index is 887. The Morgan fingerprint density at radius 1 is 1.15 bits per heavy atom. The minimum absolute atomic E-state index is 0.156. The molecular formula is C20H20N2O4. The molecule has 0 saturated carbocycles. The second-order valence-corrected chi connectivity index (χ2v) is 6.00. The van der Waals surface area contributed by atoms with Crippen LogP contribution in [0.5, 0.6) is 0 Å². The van der Waals surface area contributed by atoms with Gasteiger partial charge in [-0.15, -0.1) is 0 Å². The number of aryl methyl sites for hydroxylation is 2. The van der Waals surface area contributed by atoms with E-state index >= 15 is 0 Å². The molecule has 0 spiro atoms. The first-order chi connectivity index (χ1) is 12.6. The molecule has 0 bridgehead atoms. The lowest BCUT2D eigenvalue weighted by Crippen LogP contribution is -2.18. The van der Waals surface area contributed by atoms with Gasteiger partial charge in [0.1, 0.15) is 13.7 Å². The number of aliphatic carboxylic acids is 1. The highest BCUT2D eigenvalue weighted by atomic mass is 16.6. The second kappa shape index (κ2) is 7.82. The fraction of sp³-hybridized carbons (Fsp3) is 0.250. The Labute approximate surface area is 151 Å². The van der Waals surface area contributed by atoms with Crippen LogP contribution < -0.4 is 0 Å². The lowest BCUT2D eigenvalue weighted by Gasteiger charge is -2.11. The highest BCUT2D eigenvalue weighted by Crippen LogP contribution is 2.23. The molecule has 2 aromatic carbocycles. The SMILES string of the molecule is CO/N=C(/C(=O)O)c1cccc(C)c1CO/N=C1\CCc2ccccc21. The van der Waals surface area contributed by atoms with Gasteiger partial charge in [-0.05, 0) is 30.9 Å². The Kier molecular flexibility index (Phi) is 5.31. The van der Waals surface area contributed by atoms with Crippen LogP contribution in [0.4, 0.5) is 0 Å². The third kappa shape index (κ3) is 3.59. The quantitative estimate of drug-likeness (QED) is 0.639. The third-order valence-electron chi connectivity index (χ3n) is 4.39. The fourth-order valence-corrected chi connectivity index (χ4v) is 3.09. The van der Waals surface area contributed by atoms with Crippen LogP contribution in [0.3, 0.4) is 0 Å². The predicted octanol–water partition coefficient (Wildman–Crippen LogP) is 3.30. The van der Waals surface area contributed by atoms with Crippen molar-refractivity contribution >= 4 is 17.4 Å². The number of hydrogen-bond acceptors (Lipinski definition) is 5. The number of rotatable bonds is 6. The number of nitrogens with zero attached hydrogens (tertiary/aromatic N) is 2. The molecule has 0 aromatic heterocycles. The van der Waals surface area contributed by atoms with Gasteiger partial charge >= 0.3 is 5.97 Å². The van der Waals surface area contributed by atoms with Crippen molar-refractivity contribution in [2.24, 2.45) is 10.3 Å². The van der Waals surface area contributed by atoms with E-state index in [0.717, 1.165) is 35.2 Å². The first-order valence-electron chi connectivity index (χ1n) is 8.32. The molecule has 0 aliphatic heterocycles. The van der Waals surface area contributed by atoms with Crippen LogP contribution in [-0.2, 0) is 27.5 Å². The Hall–Kier alpha value is -3.15. The zero-order chi connectivity index (χ0) is 18.5. The summed E-state index contributed by atoms with van der Waals surface area (Å²) >= 11 is 0. The molecule has 6 heteroatoms. The summed E-state index contributed by atoms with van der Waals surface area (Å²) in [6, 6.07) is 13.5. The average Bonchev–Trinajstić information content (AvgIpc) is 3.04. The van der Waals surface area contributed by atoms with Crippen molar-refractivity contribution in [1.82, 2.24) is 0 Å². The van der Waals surface area contributed by atoms with Crippen LogP contribution in [0.25, 0.3) is 0 Å². The summed E-state index contributed by atoms with van der Waals surface area (Å²) in [5.41, 5.74) is 5.23. The standard InChI is InChI=1S/C20H20N2O4/c1-13-6-5-9-16(19(20(23)24)22-25-2)17(13)12-26-21-18-11-10-14-7-3-4-8-15(14)18/h3-9H,10-12H2,1-2H3,(H,23,24)/b21-18+,22-19+. The number of oxime groups is 2.